The molecule has 2 rings (SSSR count). The Labute approximate surface area is 82.0 Å². The Morgan fingerprint density at radius 3 is 3.14 bits per heavy atom. The first-order valence-corrected chi connectivity index (χ1v) is 4.71. The number of carbonyl (C=O) groups is 1. The Hall–Kier alpha value is -1.45. The molecule has 4 heteroatoms. The fraction of sp³-hybridized carbons (Fsp3) is 0.500. The van der Waals surface area contributed by atoms with E-state index in [0.29, 0.717) is 12.8 Å². The third-order valence-corrected chi connectivity index (χ3v) is 2.63. The molecule has 0 radical (unpaired) electrons. The molecule has 1 aromatic rings. The smallest absolute Gasteiger partial charge is 0.306 e. The van der Waals surface area contributed by atoms with Crippen molar-refractivity contribution >= 4 is 5.97 Å². The molecule has 1 aromatic heterocycles. The van der Waals surface area contributed by atoms with Crippen LogP contribution in [0.15, 0.2) is 6.20 Å². The topological polar surface area (TPSA) is 63.1 Å². The number of hydrogen-bond acceptors (Lipinski definition) is 3. The van der Waals surface area contributed by atoms with Crippen molar-refractivity contribution in [2.75, 3.05) is 0 Å². The van der Waals surface area contributed by atoms with E-state index in [1.165, 1.54) is 0 Å². The maximum atomic E-state index is 10.8. The molecular formula is C10H12N2O2. The minimum Gasteiger partial charge on any atom is -0.481 e. The molecule has 0 spiro atoms. The van der Waals surface area contributed by atoms with Crippen LogP contribution in [-0.2, 0) is 17.6 Å². The van der Waals surface area contributed by atoms with Gasteiger partial charge in [0, 0.05) is 18.3 Å². The molecule has 0 bridgehead atoms. The highest BCUT2D eigenvalue weighted by Gasteiger charge is 2.25. The normalized spacial score (nSPS) is 20.2. The largest absolute Gasteiger partial charge is 0.481 e. The molecule has 0 fully saturated rings. The second kappa shape index (κ2) is 3.36. The van der Waals surface area contributed by atoms with Gasteiger partial charge in [-0.1, -0.05) is 0 Å². The first-order valence-electron chi connectivity index (χ1n) is 4.71. The maximum Gasteiger partial charge on any atom is 0.306 e. The van der Waals surface area contributed by atoms with Gasteiger partial charge in [0.2, 0.25) is 0 Å². The van der Waals surface area contributed by atoms with Crippen molar-refractivity contribution in [1.82, 2.24) is 9.97 Å². The summed E-state index contributed by atoms with van der Waals surface area (Å²) in [6.07, 6.45) is 3.85. The van der Waals surface area contributed by atoms with Gasteiger partial charge in [-0.3, -0.25) is 4.79 Å². The van der Waals surface area contributed by atoms with E-state index in [0.717, 1.165) is 23.5 Å². The molecule has 0 saturated heterocycles. The van der Waals surface area contributed by atoms with Gasteiger partial charge in [-0.25, -0.2) is 9.97 Å². The lowest BCUT2D eigenvalue weighted by Gasteiger charge is -2.20. The summed E-state index contributed by atoms with van der Waals surface area (Å²) < 4.78 is 0. The molecule has 1 heterocycles. The number of aromatic nitrogens is 2. The zero-order valence-corrected chi connectivity index (χ0v) is 8.03. The van der Waals surface area contributed by atoms with Crippen LogP contribution in [0, 0.1) is 12.8 Å². The van der Waals surface area contributed by atoms with Gasteiger partial charge in [0.05, 0.1) is 5.92 Å². The van der Waals surface area contributed by atoms with Crippen LogP contribution in [0.5, 0.6) is 0 Å². The maximum absolute atomic E-state index is 10.8. The van der Waals surface area contributed by atoms with E-state index in [-0.39, 0.29) is 5.92 Å². The van der Waals surface area contributed by atoms with E-state index < -0.39 is 5.97 Å². The number of aliphatic carboxylic acids is 1. The van der Waals surface area contributed by atoms with Crippen LogP contribution < -0.4 is 0 Å². The molecule has 0 amide bonds. The third-order valence-electron chi connectivity index (χ3n) is 2.63. The van der Waals surface area contributed by atoms with Gasteiger partial charge in [0.15, 0.2) is 0 Å². The summed E-state index contributed by atoms with van der Waals surface area (Å²) in [7, 11) is 0. The van der Waals surface area contributed by atoms with Gasteiger partial charge < -0.3 is 5.11 Å². The molecule has 0 aliphatic heterocycles. The Bertz CT molecular complexity index is 376. The molecule has 14 heavy (non-hydrogen) atoms. The number of carboxylic acid groups (broad SMARTS) is 1. The number of aryl methyl sites for hydroxylation is 2. The molecule has 0 saturated carbocycles. The SMILES string of the molecule is Cc1ncc2c(n1)CC(C(=O)O)CC2. The highest BCUT2D eigenvalue weighted by Crippen LogP contribution is 2.23. The molecular weight excluding hydrogens is 180 g/mol. The molecule has 1 N–H and O–H groups in total. The standard InChI is InChI=1S/C10H12N2O2/c1-6-11-5-8-3-2-7(10(13)14)4-9(8)12-6/h5,7H,2-4H2,1H3,(H,13,14). The lowest BCUT2D eigenvalue weighted by Crippen LogP contribution is -2.23. The second-order valence-corrected chi connectivity index (χ2v) is 3.67. The quantitative estimate of drug-likeness (QED) is 0.720. The lowest BCUT2D eigenvalue weighted by atomic mass is 9.88. The van der Waals surface area contributed by atoms with Gasteiger partial charge in [-0.15, -0.1) is 0 Å². The third kappa shape index (κ3) is 1.60. The fourth-order valence-corrected chi connectivity index (χ4v) is 1.80. The van der Waals surface area contributed by atoms with Crippen molar-refractivity contribution in [3.05, 3.63) is 23.3 Å². The molecule has 1 aliphatic carbocycles. The zero-order chi connectivity index (χ0) is 10.1. The molecule has 0 aromatic carbocycles. The van der Waals surface area contributed by atoms with E-state index in [1.807, 2.05) is 13.1 Å². The monoisotopic (exact) mass is 192 g/mol. The summed E-state index contributed by atoms with van der Waals surface area (Å²) >= 11 is 0. The highest BCUT2D eigenvalue weighted by atomic mass is 16.4. The van der Waals surface area contributed by atoms with Crippen molar-refractivity contribution in [2.24, 2.45) is 5.92 Å². The lowest BCUT2D eigenvalue weighted by molar-refractivity contribution is -0.142. The van der Waals surface area contributed by atoms with Crippen LogP contribution in [0.2, 0.25) is 0 Å². The molecule has 4 nitrogen and oxygen atoms in total. The van der Waals surface area contributed by atoms with Gasteiger partial charge in [0.25, 0.3) is 0 Å². The highest BCUT2D eigenvalue weighted by molar-refractivity contribution is 5.70. The number of fused-ring (bicyclic) bond motifs is 1. The van der Waals surface area contributed by atoms with Crippen LogP contribution in [0.4, 0.5) is 0 Å². The van der Waals surface area contributed by atoms with Gasteiger partial charge in [-0.2, -0.15) is 0 Å². The first kappa shape index (κ1) is 9.12. The van der Waals surface area contributed by atoms with Crippen molar-refractivity contribution < 1.29 is 9.90 Å². The number of hydrogen-bond donors (Lipinski definition) is 1. The van der Waals surface area contributed by atoms with Crippen LogP contribution in [-0.4, -0.2) is 21.0 Å². The Balaban J connectivity index is 2.29. The van der Waals surface area contributed by atoms with Crippen molar-refractivity contribution in [3.8, 4) is 0 Å². The number of rotatable bonds is 1. The summed E-state index contributed by atoms with van der Waals surface area (Å²) in [5.74, 6) is -0.265. The van der Waals surface area contributed by atoms with Crippen molar-refractivity contribution in [3.63, 3.8) is 0 Å². The van der Waals surface area contributed by atoms with Crippen LogP contribution in [0.1, 0.15) is 23.5 Å². The zero-order valence-electron chi connectivity index (χ0n) is 8.03. The van der Waals surface area contributed by atoms with Crippen LogP contribution >= 0.6 is 0 Å². The van der Waals surface area contributed by atoms with Crippen molar-refractivity contribution in [2.45, 2.75) is 26.2 Å². The summed E-state index contributed by atoms with van der Waals surface area (Å²) in [5, 5.41) is 8.89. The molecule has 74 valence electrons. The molecule has 1 atom stereocenters. The van der Waals surface area contributed by atoms with Crippen LogP contribution in [0.25, 0.3) is 0 Å². The van der Waals surface area contributed by atoms with Gasteiger partial charge in [-0.05, 0) is 25.3 Å². The predicted octanol–water partition coefficient (Wildman–Crippen LogP) is 0.975. The average Bonchev–Trinajstić information content (AvgIpc) is 2.16. The van der Waals surface area contributed by atoms with Crippen molar-refractivity contribution in [1.29, 1.82) is 0 Å². The van der Waals surface area contributed by atoms with Crippen LogP contribution in [0.3, 0.4) is 0 Å². The summed E-state index contributed by atoms with van der Waals surface area (Å²) in [4.78, 5) is 19.2. The Morgan fingerprint density at radius 1 is 1.64 bits per heavy atom. The minimum atomic E-state index is -0.716. The number of carboxylic acids is 1. The Kier molecular flexibility index (Phi) is 2.19. The van der Waals surface area contributed by atoms with E-state index >= 15 is 0 Å². The van der Waals surface area contributed by atoms with E-state index in [2.05, 4.69) is 9.97 Å². The first-order chi connectivity index (χ1) is 6.66. The summed E-state index contributed by atoms with van der Waals surface area (Å²) in [6, 6.07) is 0. The van der Waals surface area contributed by atoms with E-state index in [9.17, 15) is 4.79 Å². The van der Waals surface area contributed by atoms with E-state index in [1.54, 1.807) is 0 Å². The molecule has 1 unspecified atom stereocenters. The molecule has 1 aliphatic rings. The average molecular weight is 192 g/mol. The Morgan fingerprint density at radius 2 is 2.43 bits per heavy atom. The van der Waals surface area contributed by atoms with Gasteiger partial charge in [0.1, 0.15) is 5.82 Å². The van der Waals surface area contributed by atoms with Gasteiger partial charge >= 0.3 is 5.97 Å². The summed E-state index contributed by atoms with van der Waals surface area (Å²) in [5.41, 5.74) is 2.02. The summed E-state index contributed by atoms with van der Waals surface area (Å²) in [6.45, 7) is 1.82. The number of nitrogens with zero attached hydrogens (tertiary/aromatic N) is 2. The second-order valence-electron chi connectivity index (χ2n) is 3.67. The predicted molar refractivity (Wildman–Crippen MR) is 49.9 cm³/mol. The minimum absolute atomic E-state index is 0.267. The van der Waals surface area contributed by atoms with E-state index in [4.69, 9.17) is 5.11 Å². The fourth-order valence-electron chi connectivity index (χ4n) is 1.80.